The predicted molar refractivity (Wildman–Crippen MR) is 45.6 cm³/mol. The summed E-state index contributed by atoms with van der Waals surface area (Å²) >= 11 is 0. The molecule has 0 radical (unpaired) electrons. The van der Waals surface area contributed by atoms with Crippen molar-refractivity contribution in [2.75, 3.05) is 0 Å². The summed E-state index contributed by atoms with van der Waals surface area (Å²) in [7, 11) is 0. The Morgan fingerprint density at radius 2 is 2.08 bits per heavy atom. The molecule has 1 rings (SSSR count). The zero-order chi connectivity index (χ0) is 9.68. The van der Waals surface area contributed by atoms with Gasteiger partial charge in [-0.2, -0.15) is 5.26 Å². The van der Waals surface area contributed by atoms with Gasteiger partial charge in [-0.3, -0.25) is 0 Å². The summed E-state index contributed by atoms with van der Waals surface area (Å²) in [5.74, 6) is -1.74. The highest BCUT2D eigenvalue weighted by Crippen LogP contribution is 2.09. The van der Waals surface area contributed by atoms with E-state index in [2.05, 4.69) is 0 Å². The third-order valence-corrected chi connectivity index (χ3v) is 1.46. The van der Waals surface area contributed by atoms with Crippen LogP contribution in [-0.4, -0.2) is 0 Å². The van der Waals surface area contributed by atoms with Crippen molar-refractivity contribution < 1.29 is 8.78 Å². The van der Waals surface area contributed by atoms with E-state index in [1.165, 1.54) is 6.07 Å². The number of rotatable bonds is 2. The molecule has 0 amide bonds. The summed E-state index contributed by atoms with van der Waals surface area (Å²) in [5, 5.41) is 8.21. The standard InChI is InChI=1S/C10H7F2N/c11-9-5-4-8(7-10(9)12)3-1-2-6-13/h1,3-5,7H,2H2. The summed E-state index contributed by atoms with van der Waals surface area (Å²) in [4.78, 5) is 0. The molecule has 0 aromatic heterocycles. The smallest absolute Gasteiger partial charge is 0.159 e. The molecule has 0 bridgehead atoms. The average Bonchev–Trinajstić information content (AvgIpc) is 2.12. The average molecular weight is 179 g/mol. The first kappa shape index (κ1) is 9.40. The largest absolute Gasteiger partial charge is 0.204 e. The van der Waals surface area contributed by atoms with Crippen molar-refractivity contribution >= 4 is 6.08 Å². The van der Waals surface area contributed by atoms with Crippen LogP contribution in [-0.2, 0) is 0 Å². The van der Waals surface area contributed by atoms with Gasteiger partial charge < -0.3 is 0 Å². The number of hydrogen-bond acceptors (Lipinski definition) is 1. The van der Waals surface area contributed by atoms with Crippen LogP contribution >= 0.6 is 0 Å². The lowest BCUT2D eigenvalue weighted by molar-refractivity contribution is 0.508. The van der Waals surface area contributed by atoms with Gasteiger partial charge in [0.05, 0.1) is 12.5 Å². The molecule has 0 atom stereocenters. The second-order valence-corrected chi connectivity index (χ2v) is 2.44. The van der Waals surface area contributed by atoms with Gasteiger partial charge in [-0.15, -0.1) is 0 Å². The van der Waals surface area contributed by atoms with E-state index in [1.807, 2.05) is 6.07 Å². The van der Waals surface area contributed by atoms with Gasteiger partial charge in [-0.25, -0.2) is 8.78 Å². The first-order valence-corrected chi connectivity index (χ1v) is 3.72. The van der Waals surface area contributed by atoms with Gasteiger partial charge in [0, 0.05) is 0 Å². The van der Waals surface area contributed by atoms with E-state index < -0.39 is 11.6 Å². The molecule has 0 aliphatic rings. The number of allylic oxidation sites excluding steroid dienone is 1. The molecule has 13 heavy (non-hydrogen) atoms. The molecule has 0 aliphatic heterocycles. The van der Waals surface area contributed by atoms with Gasteiger partial charge in [0.15, 0.2) is 11.6 Å². The normalized spacial score (nSPS) is 10.2. The lowest BCUT2D eigenvalue weighted by Gasteiger charge is -1.94. The molecular weight excluding hydrogens is 172 g/mol. The molecule has 0 saturated carbocycles. The van der Waals surface area contributed by atoms with Crippen LogP contribution < -0.4 is 0 Å². The first-order valence-electron chi connectivity index (χ1n) is 3.72. The third-order valence-electron chi connectivity index (χ3n) is 1.46. The molecule has 0 fully saturated rings. The SMILES string of the molecule is N#CCC=Cc1ccc(F)c(F)c1. The highest BCUT2D eigenvalue weighted by atomic mass is 19.2. The zero-order valence-electron chi connectivity index (χ0n) is 6.80. The molecule has 0 aliphatic carbocycles. The van der Waals surface area contributed by atoms with Gasteiger partial charge in [0.1, 0.15) is 0 Å². The Labute approximate surface area is 74.9 Å². The second-order valence-electron chi connectivity index (χ2n) is 2.44. The molecule has 0 heterocycles. The Balaban J connectivity index is 2.81. The molecular formula is C10H7F2N. The number of hydrogen-bond donors (Lipinski definition) is 0. The summed E-state index contributed by atoms with van der Waals surface area (Å²) in [6.07, 6.45) is 3.43. The minimum atomic E-state index is -0.876. The topological polar surface area (TPSA) is 23.8 Å². The van der Waals surface area contributed by atoms with Crippen molar-refractivity contribution in [1.29, 1.82) is 5.26 Å². The van der Waals surface area contributed by atoms with E-state index in [1.54, 1.807) is 12.2 Å². The van der Waals surface area contributed by atoms with Crippen LogP contribution in [0.15, 0.2) is 24.3 Å². The van der Waals surface area contributed by atoms with Crippen LogP contribution in [0, 0.1) is 23.0 Å². The Bertz CT molecular complexity index is 364. The van der Waals surface area contributed by atoms with E-state index >= 15 is 0 Å². The van der Waals surface area contributed by atoms with E-state index in [0.717, 1.165) is 12.1 Å². The van der Waals surface area contributed by atoms with Crippen LogP contribution in [0.2, 0.25) is 0 Å². The van der Waals surface area contributed by atoms with Crippen LogP contribution in [0.3, 0.4) is 0 Å². The summed E-state index contributed by atoms with van der Waals surface area (Å²) in [5.41, 5.74) is 0.550. The van der Waals surface area contributed by atoms with Crippen LogP contribution in [0.25, 0.3) is 6.08 Å². The monoisotopic (exact) mass is 179 g/mol. The van der Waals surface area contributed by atoms with E-state index in [-0.39, 0.29) is 6.42 Å². The summed E-state index contributed by atoms with van der Waals surface area (Å²) in [6.45, 7) is 0. The molecule has 3 heteroatoms. The minimum absolute atomic E-state index is 0.263. The van der Waals surface area contributed by atoms with Crippen molar-refractivity contribution in [2.24, 2.45) is 0 Å². The lowest BCUT2D eigenvalue weighted by Crippen LogP contribution is -1.83. The Hall–Kier alpha value is -1.69. The van der Waals surface area contributed by atoms with Crippen LogP contribution in [0.5, 0.6) is 0 Å². The van der Waals surface area contributed by atoms with Gasteiger partial charge >= 0.3 is 0 Å². The molecule has 1 aromatic carbocycles. The van der Waals surface area contributed by atoms with Crippen LogP contribution in [0.1, 0.15) is 12.0 Å². The fourth-order valence-corrected chi connectivity index (χ4v) is 0.864. The number of nitrogens with zero attached hydrogens (tertiary/aromatic N) is 1. The van der Waals surface area contributed by atoms with E-state index in [0.29, 0.717) is 5.56 Å². The number of nitriles is 1. The molecule has 0 spiro atoms. The highest BCUT2D eigenvalue weighted by Gasteiger charge is 1.99. The fraction of sp³-hybridized carbons (Fsp3) is 0.100. The van der Waals surface area contributed by atoms with Gasteiger partial charge in [0.25, 0.3) is 0 Å². The first-order chi connectivity index (χ1) is 6.24. The van der Waals surface area contributed by atoms with Gasteiger partial charge in [0.2, 0.25) is 0 Å². The van der Waals surface area contributed by atoms with Crippen molar-refractivity contribution in [3.8, 4) is 6.07 Å². The minimum Gasteiger partial charge on any atom is -0.204 e. The highest BCUT2D eigenvalue weighted by molar-refractivity contribution is 5.49. The van der Waals surface area contributed by atoms with Crippen molar-refractivity contribution in [1.82, 2.24) is 0 Å². The second kappa shape index (κ2) is 4.36. The van der Waals surface area contributed by atoms with Gasteiger partial charge in [-0.1, -0.05) is 18.2 Å². The molecule has 1 aromatic rings. The summed E-state index contributed by atoms with van der Waals surface area (Å²) in [6, 6.07) is 5.50. The predicted octanol–water partition coefficient (Wildman–Crippen LogP) is 2.89. The quantitative estimate of drug-likeness (QED) is 0.684. The van der Waals surface area contributed by atoms with Crippen molar-refractivity contribution in [3.05, 3.63) is 41.5 Å². The maximum absolute atomic E-state index is 12.6. The van der Waals surface area contributed by atoms with Crippen molar-refractivity contribution in [2.45, 2.75) is 6.42 Å². The molecule has 66 valence electrons. The molecule has 0 N–H and O–H groups in total. The van der Waals surface area contributed by atoms with Crippen molar-refractivity contribution in [3.63, 3.8) is 0 Å². The maximum atomic E-state index is 12.6. The zero-order valence-corrected chi connectivity index (χ0v) is 6.80. The molecule has 1 nitrogen and oxygen atoms in total. The Morgan fingerprint density at radius 3 is 2.69 bits per heavy atom. The summed E-state index contributed by atoms with van der Waals surface area (Å²) < 4.78 is 25.1. The molecule has 0 saturated heterocycles. The van der Waals surface area contributed by atoms with Crippen LogP contribution in [0.4, 0.5) is 8.78 Å². The van der Waals surface area contributed by atoms with E-state index in [9.17, 15) is 8.78 Å². The fourth-order valence-electron chi connectivity index (χ4n) is 0.864. The molecule has 0 unspecified atom stereocenters. The number of halogens is 2. The lowest BCUT2D eigenvalue weighted by atomic mass is 10.2. The number of benzene rings is 1. The third kappa shape index (κ3) is 2.68. The maximum Gasteiger partial charge on any atom is 0.159 e. The Kier molecular flexibility index (Phi) is 3.15. The van der Waals surface area contributed by atoms with Gasteiger partial charge in [-0.05, 0) is 17.7 Å². The van der Waals surface area contributed by atoms with E-state index in [4.69, 9.17) is 5.26 Å². The Morgan fingerprint density at radius 1 is 1.31 bits per heavy atom.